The van der Waals surface area contributed by atoms with E-state index in [4.69, 9.17) is 11.1 Å². The van der Waals surface area contributed by atoms with Gasteiger partial charge in [0, 0.05) is 0 Å². The lowest BCUT2D eigenvalue weighted by molar-refractivity contribution is -0.117. The molecule has 0 unspecified atom stereocenters. The first-order chi connectivity index (χ1) is 5.18. The summed E-state index contributed by atoms with van der Waals surface area (Å²) in [5.74, 6) is 0.0411. The van der Waals surface area contributed by atoms with Gasteiger partial charge < -0.3 is 0 Å². The number of rotatable bonds is 2. The van der Waals surface area contributed by atoms with Crippen LogP contribution in [0.15, 0.2) is 24.3 Å². The topological polar surface area (TPSA) is 51.6 Å². The van der Waals surface area contributed by atoms with E-state index >= 15 is 0 Å². The Morgan fingerprint density at radius 2 is 2.27 bits per heavy atom. The number of nitrogens with two attached hydrogens (primary N) is 2. The zero-order valence-corrected chi connectivity index (χ0v) is 6.05. The standard InChI is InChI=1S/C8H9FN2/c9-7-3-1-2-6(4-7)5-8(10)11/h1-4H,5H2,(H3,10,11)/p+1. The number of hydrogen-bond donors (Lipinski definition) is 2. The van der Waals surface area contributed by atoms with Gasteiger partial charge in [-0.05, 0) is 17.7 Å². The predicted molar refractivity (Wildman–Crippen MR) is 41.2 cm³/mol. The lowest BCUT2D eigenvalue weighted by Gasteiger charge is -1.94. The largest absolute Gasteiger partial charge is 0.291 e. The van der Waals surface area contributed by atoms with E-state index in [0.717, 1.165) is 5.56 Å². The summed E-state index contributed by atoms with van der Waals surface area (Å²) in [6, 6.07) is 6.21. The molecule has 0 radical (unpaired) electrons. The van der Waals surface area contributed by atoms with Crippen molar-refractivity contribution >= 4 is 5.84 Å². The van der Waals surface area contributed by atoms with Crippen LogP contribution >= 0.6 is 0 Å². The Hall–Kier alpha value is -1.38. The predicted octanol–water partition coefficient (Wildman–Crippen LogP) is -0.515. The number of amidine groups is 1. The summed E-state index contributed by atoms with van der Waals surface area (Å²) < 4.78 is 12.5. The van der Waals surface area contributed by atoms with Gasteiger partial charge in [-0.15, -0.1) is 0 Å². The first kappa shape index (κ1) is 7.72. The molecule has 2 nitrogen and oxygen atoms in total. The van der Waals surface area contributed by atoms with Crippen LogP contribution in [0.2, 0.25) is 0 Å². The number of hydrogen-bond acceptors (Lipinski definition) is 0. The molecule has 0 heterocycles. The number of benzene rings is 1. The molecule has 58 valence electrons. The second kappa shape index (κ2) is 3.14. The molecule has 0 atom stereocenters. The van der Waals surface area contributed by atoms with Gasteiger partial charge in [0.25, 0.3) is 0 Å². The minimum absolute atomic E-state index is 0.260. The molecule has 0 aromatic heterocycles. The van der Waals surface area contributed by atoms with Crippen molar-refractivity contribution < 1.29 is 9.80 Å². The Kier molecular flexibility index (Phi) is 2.21. The van der Waals surface area contributed by atoms with Gasteiger partial charge in [0.15, 0.2) is 0 Å². The molecule has 0 spiro atoms. The fourth-order valence-electron chi connectivity index (χ4n) is 0.883. The van der Waals surface area contributed by atoms with Crippen molar-refractivity contribution in [2.24, 2.45) is 5.73 Å². The Bertz CT molecular complexity index is 271. The van der Waals surface area contributed by atoms with E-state index in [0.29, 0.717) is 12.3 Å². The van der Waals surface area contributed by atoms with Crippen LogP contribution in [0.25, 0.3) is 0 Å². The molecule has 0 bridgehead atoms. The third-order valence-electron chi connectivity index (χ3n) is 1.30. The highest BCUT2D eigenvalue weighted by atomic mass is 19.1. The second-order valence-electron chi connectivity index (χ2n) is 2.38. The first-order valence-electron chi connectivity index (χ1n) is 3.29. The molecule has 0 aliphatic carbocycles. The van der Waals surface area contributed by atoms with Crippen LogP contribution < -0.4 is 11.1 Å². The van der Waals surface area contributed by atoms with Gasteiger partial charge in [0.2, 0.25) is 5.84 Å². The quantitative estimate of drug-likeness (QED) is 0.436. The van der Waals surface area contributed by atoms with E-state index < -0.39 is 0 Å². The van der Waals surface area contributed by atoms with Crippen molar-refractivity contribution in [3.8, 4) is 0 Å². The molecule has 11 heavy (non-hydrogen) atoms. The van der Waals surface area contributed by atoms with E-state index in [1.54, 1.807) is 12.1 Å². The maximum Gasteiger partial charge on any atom is 0.242 e. The van der Waals surface area contributed by atoms with Crippen molar-refractivity contribution in [3.05, 3.63) is 35.6 Å². The van der Waals surface area contributed by atoms with Crippen LogP contribution in [0.3, 0.4) is 0 Å². The normalized spacial score (nSPS) is 9.55. The molecule has 0 fully saturated rings. The first-order valence-corrected chi connectivity index (χ1v) is 3.29. The van der Waals surface area contributed by atoms with Crippen LogP contribution in [0, 0.1) is 5.82 Å². The summed E-state index contributed by atoms with van der Waals surface area (Å²) in [5, 5.41) is 5.25. The fourth-order valence-corrected chi connectivity index (χ4v) is 0.883. The molecule has 4 N–H and O–H groups in total. The molecular weight excluding hydrogens is 143 g/mol. The summed E-state index contributed by atoms with van der Waals surface area (Å²) in [4.78, 5) is 0. The van der Waals surface area contributed by atoms with Gasteiger partial charge in [-0.3, -0.25) is 11.1 Å². The zero-order chi connectivity index (χ0) is 8.27. The SMILES string of the molecule is NC(=[NH2+])Cc1cccc(F)c1. The lowest BCUT2D eigenvalue weighted by atomic mass is 10.1. The van der Waals surface area contributed by atoms with E-state index in [-0.39, 0.29) is 5.82 Å². The van der Waals surface area contributed by atoms with Gasteiger partial charge in [-0.25, -0.2) is 4.39 Å². The van der Waals surface area contributed by atoms with Gasteiger partial charge in [0.05, 0.1) is 6.42 Å². The highest BCUT2D eigenvalue weighted by Gasteiger charge is 1.99. The van der Waals surface area contributed by atoms with Crippen molar-refractivity contribution in [1.82, 2.24) is 0 Å². The summed E-state index contributed by atoms with van der Waals surface area (Å²) in [5.41, 5.74) is 6.04. The Morgan fingerprint density at radius 1 is 1.55 bits per heavy atom. The van der Waals surface area contributed by atoms with E-state index in [2.05, 4.69) is 0 Å². The minimum Gasteiger partial charge on any atom is -0.291 e. The van der Waals surface area contributed by atoms with Gasteiger partial charge in [-0.2, -0.15) is 0 Å². The maximum atomic E-state index is 12.5. The van der Waals surface area contributed by atoms with Gasteiger partial charge in [0.1, 0.15) is 5.82 Å². The van der Waals surface area contributed by atoms with Crippen LogP contribution in [0.4, 0.5) is 4.39 Å². The summed E-state index contributed by atoms with van der Waals surface area (Å²) >= 11 is 0. The highest BCUT2D eigenvalue weighted by Crippen LogP contribution is 2.02. The van der Waals surface area contributed by atoms with Crippen LogP contribution in [-0.2, 0) is 6.42 Å². The van der Waals surface area contributed by atoms with Crippen molar-refractivity contribution in [1.29, 1.82) is 0 Å². The smallest absolute Gasteiger partial charge is 0.242 e. The van der Waals surface area contributed by atoms with E-state index in [9.17, 15) is 4.39 Å². The van der Waals surface area contributed by atoms with Crippen molar-refractivity contribution in [2.45, 2.75) is 6.42 Å². The summed E-state index contributed by atoms with van der Waals surface area (Å²) in [6.45, 7) is 0. The Labute approximate surface area is 64.4 Å². The minimum atomic E-state index is -0.260. The van der Waals surface area contributed by atoms with E-state index in [1.807, 2.05) is 0 Å². The number of halogens is 1. The van der Waals surface area contributed by atoms with Crippen molar-refractivity contribution in [2.75, 3.05) is 0 Å². The molecule has 0 saturated heterocycles. The van der Waals surface area contributed by atoms with Crippen molar-refractivity contribution in [3.63, 3.8) is 0 Å². The van der Waals surface area contributed by atoms with Gasteiger partial charge in [-0.1, -0.05) is 12.1 Å². The third kappa shape index (κ3) is 2.37. The average Bonchev–Trinajstić information content (AvgIpc) is 1.85. The maximum absolute atomic E-state index is 12.5. The summed E-state index contributed by atoms with van der Waals surface area (Å²) in [7, 11) is 0. The molecule has 3 heteroatoms. The Balaban J connectivity index is 2.79. The highest BCUT2D eigenvalue weighted by molar-refractivity contribution is 5.76. The fraction of sp³-hybridized carbons (Fsp3) is 0.125. The molecule has 1 aromatic carbocycles. The Morgan fingerprint density at radius 3 is 2.82 bits per heavy atom. The summed E-state index contributed by atoms with van der Waals surface area (Å²) in [6.07, 6.45) is 0.428. The van der Waals surface area contributed by atoms with Gasteiger partial charge >= 0.3 is 0 Å². The molecule has 1 rings (SSSR count). The van der Waals surface area contributed by atoms with Crippen LogP contribution in [0.1, 0.15) is 5.56 Å². The third-order valence-corrected chi connectivity index (χ3v) is 1.30. The monoisotopic (exact) mass is 153 g/mol. The molecule has 0 saturated carbocycles. The van der Waals surface area contributed by atoms with Crippen LogP contribution in [-0.4, -0.2) is 5.84 Å². The zero-order valence-electron chi connectivity index (χ0n) is 6.05. The van der Waals surface area contributed by atoms with Crippen LogP contribution in [0.5, 0.6) is 0 Å². The molecular formula is C8H10FN2+. The molecule has 0 amide bonds. The molecule has 1 aromatic rings. The average molecular weight is 153 g/mol. The molecule has 0 aliphatic rings. The van der Waals surface area contributed by atoms with E-state index in [1.165, 1.54) is 12.1 Å². The lowest BCUT2D eigenvalue weighted by Crippen LogP contribution is -2.46. The second-order valence-corrected chi connectivity index (χ2v) is 2.38. The molecule has 0 aliphatic heterocycles.